The van der Waals surface area contributed by atoms with Gasteiger partial charge >= 0.3 is 0 Å². The molecule has 0 aliphatic rings. The average molecular weight is 210 g/mol. The van der Waals surface area contributed by atoms with Crippen LogP contribution in [-0.2, 0) is 4.79 Å². The van der Waals surface area contributed by atoms with Crippen molar-refractivity contribution >= 4 is 11.7 Å². The predicted molar refractivity (Wildman–Crippen MR) is 48.2 cm³/mol. The van der Waals surface area contributed by atoms with E-state index in [0.717, 1.165) is 0 Å². The highest BCUT2D eigenvalue weighted by Crippen LogP contribution is 2.17. The largest absolute Gasteiger partial charge is 0.550 e. The number of nitro groups is 1. The molecule has 0 bridgehead atoms. The summed E-state index contributed by atoms with van der Waals surface area (Å²) in [6.45, 7) is -0.0137. The summed E-state index contributed by atoms with van der Waals surface area (Å²) in [6, 6.07) is 5.39. The third kappa shape index (κ3) is 3.63. The number of nitrogens with zero attached hydrogens (tertiary/aromatic N) is 1. The van der Waals surface area contributed by atoms with E-state index in [1.807, 2.05) is 0 Å². The maximum absolute atomic E-state index is 10.3. The summed E-state index contributed by atoms with van der Waals surface area (Å²) >= 11 is 0. The number of rotatable bonds is 5. The molecule has 6 heteroatoms. The fourth-order valence-corrected chi connectivity index (χ4v) is 0.916. The third-order valence-electron chi connectivity index (χ3n) is 1.62. The zero-order valence-electron chi connectivity index (χ0n) is 7.71. The van der Waals surface area contributed by atoms with Crippen molar-refractivity contribution < 1.29 is 19.6 Å². The first kappa shape index (κ1) is 11.0. The Labute approximate surface area is 85.2 Å². The van der Waals surface area contributed by atoms with Crippen molar-refractivity contribution in [2.75, 3.05) is 6.61 Å². The highest BCUT2D eigenvalue weighted by molar-refractivity contribution is 5.64. The number of benzene rings is 1. The number of carbonyl (C=O) groups excluding carboxylic acids is 1. The molecule has 0 fully saturated rings. The Morgan fingerprint density at radius 1 is 1.33 bits per heavy atom. The Bertz CT molecular complexity index is 359. The second kappa shape index (κ2) is 4.94. The van der Waals surface area contributed by atoms with Crippen molar-refractivity contribution in [3.05, 3.63) is 34.4 Å². The molecule has 6 nitrogen and oxygen atoms in total. The molecule has 0 aromatic heterocycles. The Kier molecular flexibility index (Phi) is 3.61. The van der Waals surface area contributed by atoms with E-state index >= 15 is 0 Å². The van der Waals surface area contributed by atoms with Crippen molar-refractivity contribution in [2.24, 2.45) is 0 Å². The number of ether oxygens (including phenoxy) is 1. The van der Waals surface area contributed by atoms with Gasteiger partial charge in [-0.3, -0.25) is 10.1 Å². The van der Waals surface area contributed by atoms with Crippen LogP contribution in [0.15, 0.2) is 24.3 Å². The van der Waals surface area contributed by atoms with E-state index in [0.29, 0.717) is 5.75 Å². The number of aliphatic carboxylic acids is 1. The van der Waals surface area contributed by atoms with Crippen LogP contribution in [0.5, 0.6) is 5.75 Å². The summed E-state index contributed by atoms with van der Waals surface area (Å²) in [5.74, 6) is -0.807. The molecule has 0 aliphatic heterocycles. The van der Waals surface area contributed by atoms with E-state index in [1.54, 1.807) is 0 Å². The molecule has 0 N–H and O–H groups in total. The third-order valence-corrected chi connectivity index (χ3v) is 1.62. The standard InChI is InChI=1S/C9H9NO5/c11-9(12)5-6-15-8-3-1-7(2-4-8)10(13)14/h1-4H,5-6H2,(H,11,12)/p-1. The first-order chi connectivity index (χ1) is 7.09. The van der Waals surface area contributed by atoms with Crippen molar-refractivity contribution in [2.45, 2.75) is 6.42 Å². The van der Waals surface area contributed by atoms with E-state index in [9.17, 15) is 20.0 Å². The number of hydrogen-bond donors (Lipinski definition) is 0. The van der Waals surface area contributed by atoms with E-state index in [4.69, 9.17) is 4.74 Å². The molecule has 80 valence electrons. The van der Waals surface area contributed by atoms with Gasteiger partial charge in [-0.05, 0) is 12.1 Å². The second-order valence-corrected chi connectivity index (χ2v) is 2.72. The van der Waals surface area contributed by atoms with Crippen LogP contribution in [0.3, 0.4) is 0 Å². The van der Waals surface area contributed by atoms with E-state index in [-0.39, 0.29) is 18.7 Å². The molecule has 0 aliphatic carbocycles. The van der Waals surface area contributed by atoms with Gasteiger partial charge in [0.15, 0.2) is 0 Å². The Morgan fingerprint density at radius 3 is 2.40 bits per heavy atom. The second-order valence-electron chi connectivity index (χ2n) is 2.72. The molecule has 0 spiro atoms. The minimum absolute atomic E-state index is 0.0137. The van der Waals surface area contributed by atoms with Gasteiger partial charge in [0, 0.05) is 24.5 Å². The van der Waals surface area contributed by atoms with Crippen LogP contribution in [0, 0.1) is 10.1 Å². The Hall–Kier alpha value is -2.11. The molecular formula is C9H8NO5-. The number of hydrogen-bond acceptors (Lipinski definition) is 5. The lowest BCUT2D eigenvalue weighted by molar-refractivity contribution is -0.384. The van der Waals surface area contributed by atoms with Crippen molar-refractivity contribution in [1.29, 1.82) is 0 Å². The smallest absolute Gasteiger partial charge is 0.269 e. The number of non-ortho nitro benzene ring substituents is 1. The quantitative estimate of drug-likeness (QED) is 0.508. The topological polar surface area (TPSA) is 92.5 Å². The molecule has 0 heterocycles. The lowest BCUT2D eigenvalue weighted by Gasteiger charge is -2.05. The van der Waals surface area contributed by atoms with Gasteiger partial charge in [0.25, 0.3) is 5.69 Å². The molecule has 1 aromatic carbocycles. The van der Waals surface area contributed by atoms with Crippen LogP contribution in [0.25, 0.3) is 0 Å². The SMILES string of the molecule is O=C([O-])CCOc1ccc([N+](=O)[O-])cc1. The maximum atomic E-state index is 10.3. The van der Waals surface area contributed by atoms with Gasteiger partial charge in [-0.1, -0.05) is 0 Å². The van der Waals surface area contributed by atoms with Crippen LogP contribution in [0.1, 0.15) is 6.42 Å². The summed E-state index contributed by atoms with van der Waals surface area (Å²) in [7, 11) is 0. The van der Waals surface area contributed by atoms with Gasteiger partial charge in [0.1, 0.15) is 5.75 Å². The van der Waals surface area contributed by atoms with Crippen LogP contribution < -0.4 is 9.84 Å². The molecule has 0 saturated heterocycles. The van der Waals surface area contributed by atoms with Crippen LogP contribution >= 0.6 is 0 Å². The van der Waals surface area contributed by atoms with Gasteiger partial charge in [-0.25, -0.2) is 0 Å². The minimum Gasteiger partial charge on any atom is -0.550 e. The molecule has 0 atom stereocenters. The predicted octanol–water partition coefficient (Wildman–Crippen LogP) is 0.114. The number of carbonyl (C=O) groups is 1. The monoisotopic (exact) mass is 210 g/mol. The number of carboxylic acids is 1. The molecule has 15 heavy (non-hydrogen) atoms. The van der Waals surface area contributed by atoms with Gasteiger partial charge in [0.2, 0.25) is 0 Å². The first-order valence-electron chi connectivity index (χ1n) is 4.16. The fraction of sp³-hybridized carbons (Fsp3) is 0.222. The average Bonchev–Trinajstić information content (AvgIpc) is 2.18. The lowest BCUT2D eigenvalue weighted by atomic mass is 10.3. The summed E-state index contributed by atoms with van der Waals surface area (Å²) in [5, 5.41) is 20.3. The van der Waals surface area contributed by atoms with Crippen molar-refractivity contribution in [3.63, 3.8) is 0 Å². The highest BCUT2D eigenvalue weighted by Gasteiger charge is 2.03. The van der Waals surface area contributed by atoms with Crippen molar-refractivity contribution in [3.8, 4) is 5.75 Å². The zero-order chi connectivity index (χ0) is 11.3. The lowest BCUT2D eigenvalue weighted by Crippen LogP contribution is -2.24. The van der Waals surface area contributed by atoms with Gasteiger partial charge in [-0.15, -0.1) is 0 Å². The van der Waals surface area contributed by atoms with E-state index in [1.165, 1.54) is 24.3 Å². The van der Waals surface area contributed by atoms with Crippen LogP contribution in [0.2, 0.25) is 0 Å². The summed E-state index contributed by atoms with van der Waals surface area (Å²) in [4.78, 5) is 19.8. The molecule has 1 aromatic rings. The Morgan fingerprint density at radius 2 is 1.93 bits per heavy atom. The molecule has 0 amide bonds. The molecule has 0 saturated carbocycles. The minimum atomic E-state index is -1.20. The molecule has 1 rings (SSSR count). The number of carboxylic acid groups (broad SMARTS) is 1. The van der Waals surface area contributed by atoms with Gasteiger partial charge < -0.3 is 14.6 Å². The van der Waals surface area contributed by atoms with Crippen LogP contribution in [-0.4, -0.2) is 17.5 Å². The maximum Gasteiger partial charge on any atom is 0.269 e. The zero-order valence-corrected chi connectivity index (χ0v) is 7.71. The van der Waals surface area contributed by atoms with Crippen molar-refractivity contribution in [1.82, 2.24) is 0 Å². The van der Waals surface area contributed by atoms with Gasteiger partial charge in [0.05, 0.1) is 11.5 Å². The van der Waals surface area contributed by atoms with Crippen LogP contribution in [0.4, 0.5) is 5.69 Å². The van der Waals surface area contributed by atoms with E-state index < -0.39 is 10.9 Å². The van der Waals surface area contributed by atoms with E-state index in [2.05, 4.69) is 0 Å². The summed E-state index contributed by atoms with van der Waals surface area (Å²) in [5.41, 5.74) is -0.0396. The van der Waals surface area contributed by atoms with Gasteiger partial charge in [-0.2, -0.15) is 0 Å². The summed E-state index contributed by atoms with van der Waals surface area (Å²) in [6.07, 6.45) is -0.211. The normalized spacial score (nSPS) is 9.60. The fourth-order valence-electron chi connectivity index (χ4n) is 0.916. The molecule has 0 unspecified atom stereocenters. The molecular weight excluding hydrogens is 202 g/mol. The molecule has 0 radical (unpaired) electrons. The Balaban J connectivity index is 2.50. The first-order valence-corrected chi connectivity index (χ1v) is 4.16. The highest BCUT2D eigenvalue weighted by atomic mass is 16.6. The number of nitro benzene ring substituents is 1. The summed E-state index contributed by atoms with van der Waals surface area (Å²) < 4.78 is 5.01.